The van der Waals surface area contributed by atoms with E-state index in [-0.39, 0.29) is 19.1 Å². The van der Waals surface area contributed by atoms with Crippen LogP contribution < -0.4 is 10.6 Å². The summed E-state index contributed by atoms with van der Waals surface area (Å²) in [5, 5.41) is 9.52. The molecule has 1 amide bonds. The first-order valence-electron chi connectivity index (χ1n) is 5.09. The summed E-state index contributed by atoms with van der Waals surface area (Å²) in [5.41, 5.74) is 7.49. The van der Waals surface area contributed by atoms with Crippen LogP contribution >= 0.6 is 11.6 Å². The second kappa shape index (κ2) is 4.41. The van der Waals surface area contributed by atoms with E-state index < -0.39 is 6.04 Å². The fourth-order valence-corrected chi connectivity index (χ4v) is 2.10. The number of nitrogens with two attached hydrogens (primary N) is 1. The number of anilines is 1. The fraction of sp³-hybridized carbons (Fsp3) is 0.364. The minimum atomic E-state index is -0.528. The van der Waals surface area contributed by atoms with Crippen molar-refractivity contribution in [3.8, 4) is 0 Å². The van der Waals surface area contributed by atoms with Gasteiger partial charge < -0.3 is 15.7 Å². The van der Waals surface area contributed by atoms with Crippen LogP contribution in [0.25, 0.3) is 0 Å². The standard InChI is InChI=1S/C11H13ClN2O2/c12-8-2-1-7-5-9(13)11(16)14(3-4-15)10(7)6-8/h1-2,6,9,15H,3-5,13H2. The highest BCUT2D eigenvalue weighted by Crippen LogP contribution is 2.29. The van der Waals surface area contributed by atoms with E-state index in [0.717, 1.165) is 11.3 Å². The van der Waals surface area contributed by atoms with Crippen molar-refractivity contribution in [2.24, 2.45) is 5.73 Å². The maximum atomic E-state index is 11.8. The molecule has 0 spiro atoms. The van der Waals surface area contributed by atoms with Crippen LogP contribution in [0, 0.1) is 0 Å². The van der Waals surface area contributed by atoms with Gasteiger partial charge in [0.25, 0.3) is 0 Å². The Balaban J connectivity index is 2.45. The van der Waals surface area contributed by atoms with Gasteiger partial charge in [-0.05, 0) is 24.1 Å². The minimum absolute atomic E-state index is 0.0928. The summed E-state index contributed by atoms with van der Waals surface area (Å²) in [6.45, 7) is 0.157. The monoisotopic (exact) mass is 240 g/mol. The van der Waals surface area contributed by atoms with Crippen molar-refractivity contribution >= 4 is 23.2 Å². The Hall–Kier alpha value is -1.10. The normalized spacial score (nSPS) is 19.8. The van der Waals surface area contributed by atoms with Gasteiger partial charge in [-0.15, -0.1) is 0 Å². The number of carbonyl (C=O) groups is 1. The molecule has 1 atom stereocenters. The number of halogens is 1. The highest BCUT2D eigenvalue weighted by atomic mass is 35.5. The van der Waals surface area contributed by atoms with E-state index in [9.17, 15) is 4.79 Å². The maximum Gasteiger partial charge on any atom is 0.244 e. The number of benzene rings is 1. The number of fused-ring (bicyclic) bond motifs is 1. The first kappa shape index (κ1) is 11.4. The molecule has 3 N–H and O–H groups in total. The first-order valence-corrected chi connectivity index (χ1v) is 5.47. The zero-order valence-corrected chi connectivity index (χ0v) is 9.44. The van der Waals surface area contributed by atoms with Gasteiger partial charge in [0, 0.05) is 17.3 Å². The summed E-state index contributed by atoms with van der Waals surface area (Å²) in [6.07, 6.45) is 0.521. The van der Waals surface area contributed by atoms with Crippen LogP contribution in [-0.2, 0) is 11.2 Å². The van der Waals surface area contributed by atoms with Crippen LogP contribution in [0.15, 0.2) is 18.2 Å². The largest absolute Gasteiger partial charge is 0.395 e. The van der Waals surface area contributed by atoms with Gasteiger partial charge in [0.2, 0.25) is 5.91 Å². The summed E-state index contributed by atoms with van der Waals surface area (Å²) >= 11 is 5.89. The quantitative estimate of drug-likeness (QED) is 0.793. The molecule has 1 aliphatic heterocycles. The number of carbonyl (C=O) groups excluding carboxylic acids is 1. The summed E-state index contributed by atoms with van der Waals surface area (Å²) in [4.78, 5) is 13.3. The number of hydrogen-bond donors (Lipinski definition) is 2. The van der Waals surface area contributed by atoms with Gasteiger partial charge >= 0.3 is 0 Å². The van der Waals surface area contributed by atoms with E-state index in [1.807, 2.05) is 6.07 Å². The summed E-state index contributed by atoms with van der Waals surface area (Å²) in [7, 11) is 0. The lowest BCUT2D eigenvalue weighted by Crippen LogP contribution is -2.49. The van der Waals surface area contributed by atoms with Crippen LogP contribution in [0.2, 0.25) is 5.02 Å². The van der Waals surface area contributed by atoms with Crippen molar-refractivity contribution < 1.29 is 9.90 Å². The molecular weight excluding hydrogens is 228 g/mol. The van der Waals surface area contributed by atoms with Crippen LogP contribution in [0.4, 0.5) is 5.69 Å². The van der Waals surface area contributed by atoms with E-state index in [2.05, 4.69) is 0 Å². The van der Waals surface area contributed by atoms with Crippen LogP contribution in [0.1, 0.15) is 5.56 Å². The van der Waals surface area contributed by atoms with Gasteiger partial charge in [0.15, 0.2) is 0 Å². The number of aliphatic hydroxyl groups is 1. The van der Waals surface area contributed by atoms with Gasteiger partial charge in [0.1, 0.15) is 0 Å². The zero-order valence-electron chi connectivity index (χ0n) is 8.69. The second-order valence-corrected chi connectivity index (χ2v) is 4.23. The van der Waals surface area contributed by atoms with Crippen molar-refractivity contribution in [1.29, 1.82) is 0 Å². The molecule has 1 aliphatic rings. The van der Waals surface area contributed by atoms with E-state index >= 15 is 0 Å². The van der Waals surface area contributed by atoms with Crippen molar-refractivity contribution in [2.45, 2.75) is 12.5 Å². The molecule has 0 fully saturated rings. The van der Waals surface area contributed by atoms with Gasteiger partial charge in [-0.1, -0.05) is 17.7 Å². The third-order valence-electron chi connectivity index (χ3n) is 2.68. The lowest BCUT2D eigenvalue weighted by molar-refractivity contribution is -0.120. The van der Waals surface area contributed by atoms with E-state index in [1.165, 1.54) is 4.90 Å². The highest BCUT2D eigenvalue weighted by molar-refractivity contribution is 6.31. The Morgan fingerprint density at radius 2 is 2.31 bits per heavy atom. The molecule has 86 valence electrons. The van der Waals surface area contributed by atoms with Crippen molar-refractivity contribution in [1.82, 2.24) is 0 Å². The van der Waals surface area contributed by atoms with Crippen LogP contribution in [0.5, 0.6) is 0 Å². The minimum Gasteiger partial charge on any atom is -0.395 e. The smallest absolute Gasteiger partial charge is 0.244 e. The lowest BCUT2D eigenvalue weighted by atomic mass is 9.98. The Bertz CT molecular complexity index is 422. The Kier molecular flexibility index (Phi) is 3.14. The van der Waals surface area contributed by atoms with E-state index in [0.29, 0.717) is 11.4 Å². The lowest BCUT2D eigenvalue weighted by Gasteiger charge is -2.32. The van der Waals surface area contributed by atoms with Gasteiger partial charge in [-0.25, -0.2) is 0 Å². The molecule has 5 heteroatoms. The maximum absolute atomic E-state index is 11.8. The Morgan fingerprint density at radius 1 is 1.56 bits per heavy atom. The summed E-state index contributed by atoms with van der Waals surface area (Å²) in [5.74, 6) is -0.163. The van der Waals surface area contributed by atoms with Gasteiger partial charge in [-0.2, -0.15) is 0 Å². The molecule has 0 saturated heterocycles. The van der Waals surface area contributed by atoms with Crippen LogP contribution in [-0.4, -0.2) is 30.2 Å². The van der Waals surface area contributed by atoms with Crippen LogP contribution in [0.3, 0.4) is 0 Å². The molecular formula is C11H13ClN2O2. The number of amides is 1. The van der Waals surface area contributed by atoms with Crippen molar-refractivity contribution in [3.05, 3.63) is 28.8 Å². The predicted octanol–water partition coefficient (Wildman–Crippen LogP) is 0.549. The van der Waals surface area contributed by atoms with Gasteiger partial charge in [0.05, 0.1) is 12.6 Å². The number of aliphatic hydroxyl groups excluding tert-OH is 1. The molecule has 1 heterocycles. The van der Waals surface area contributed by atoms with Gasteiger partial charge in [-0.3, -0.25) is 4.79 Å². The molecule has 1 aromatic rings. The van der Waals surface area contributed by atoms with E-state index in [1.54, 1.807) is 12.1 Å². The summed E-state index contributed by atoms with van der Waals surface area (Å²) < 4.78 is 0. The summed E-state index contributed by atoms with van der Waals surface area (Å²) in [6, 6.07) is 4.85. The number of hydrogen-bond acceptors (Lipinski definition) is 3. The Labute approximate surface area is 98.6 Å². The third kappa shape index (κ3) is 1.91. The zero-order chi connectivity index (χ0) is 11.7. The molecule has 0 saturated carbocycles. The first-order chi connectivity index (χ1) is 7.63. The molecule has 0 aliphatic carbocycles. The van der Waals surface area contributed by atoms with E-state index in [4.69, 9.17) is 22.4 Å². The predicted molar refractivity (Wildman–Crippen MR) is 62.6 cm³/mol. The second-order valence-electron chi connectivity index (χ2n) is 3.80. The molecule has 1 unspecified atom stereocenters. The molecule has 4 nitrogen and oxygen atoms in total. The molecule has 16 heavy (non-hydrogen) atoms. The average molecular weight is 241 g/mol. The molecule has 2 rings (SSSR count). The Morgan fingerprint density at radius 3 is 3.00 bits per heavy atom. The SMILES string of the molecule is NC1Cc2ccc(Cl)cc2N(CCO)C1=O. The molecule has 0 aromatic heterocycles. The number of β-amino-alcohol motifs (C(OH)–C–C–N with tert-alkyl or cyclic N) is 1. The third-order valence-corrected chi connectivity index (χ3v) is 2.92. The molecule has 0 bridgehead atoms. The topological polar surface area (TPSA) is 66.6 Å². The average Bonchev–Trinajstić information content (AvgIpc) is 2.26. The fourth-order valence-electron chi connectivity index (χ4n) is 1.93. The van der Waals surface area contributed by atoms with Crippen molar-refractivity contribution in [2.75, 3.05) is 18.1 Å². The number of nitrogens with zero attached hydrogens (tertiary/aromatic N) is 1. The molecule has 0 radical (unpaired) electrons. The number of rotatable bonds is 2. The molecule has 1 aromatic carbocycles. The van der Waals surface area contributed by atoms with Crippen molar-refractivity contribution in [3.63, 3.8) is 0 Å². The highest BCUT2D eigenvalue weighted by Gasteiger charge is 2.29.